The first kappa shape index (κ1) is 16.6. The van der Waals surface area contributed by atoms with Crippen LogP contribution in [0, 0.1) is 6.92 Å². The van der Waals surface area contributed by atoms with E-state index in [0.29, 0.717) is 5.88 Å². The lowest BCUT2D eigenvalue weighted by atomic mass is 10.2. The van der Waals surface area contributed by atoms with Crippen molar-refractivity contribution < 1.29 is 4.74 Å². The molecule has 17 heavy (non-hydrogen) atoms. The van der Waals surface area contributed by atoms with Gasteiger partial charge in [-0.3, -0.25) is 4.90 Å². The van der Waals surface area contributed by atoms with E-state index in [2.05, 4.69) is 24.8 Å². The Morgan fingerprint density at radius 2 is 1.94 bits per heavy atom. The minimum absolute atomic E-state index is 0. The van der Waals surface area contributed by atoms with Crippen LogP contribution in [0.4, 0.5) is 0 Å². The van der Waals surface area contributed by atoms with Crippen molar-refractivity contribution in [2.24, 2.45) is 0 Å². The molecular formula is C13H21Cl2NO. The van der Waals surface area contributed by atoms with Gasteiger partial charge in [0.1, 0.15) is 12.4 Å². The van der Waals surface area contributed by atoms with Gasteiger partial charge in [-0.1, -0.05) is 25.1 Å². The maximum Gasteiger partial charge on any atom is 0.122 e. The molecule has 0 N–H and O–H groups in total. The lowest BCUT2D eigenvalue weighted by Gasteiger charge is -2.19. The van der Waals surface area contributed by atoms with Gasteiger partial charge in [0.15, 0.2) is 0 Å². The third kappa shape index (κ3) is 6.16. The Labute approximate surface area is 115 Å². The number of alkyl halides is 1. The average molecular weight is 278 g/mol. The van der Waals surface area contributed by atoms with E-state index < -0.39 is 0 Å². The number of hydrogen-bond acceptors (Lipinski definition) is 2. The summed E-state index contributed by atoms with van der Waals surface area (Å²) in [7, 11) is 0. The normalized spacial score (nSPS) is 10.1. The molecule has 0 aliphatic rings. The highest BCUT2D eigenvalue weighted by atomic mass is 35.5. The van der Waals surface area contributed by atoms with Crippen LogP contribution in [0.3, 0.4) is 0 Å². The van der Waals surface area contributed by atoms with E-state index >= 15 is 0 Å². The van der Waals surface area contributed by atoms with Crippen LogP contribution < -0.4 is 4.74 Å². The second kappa shape index (κ2) is 9.58. The zero-order valence-corrected chi connectivity index (χ0v) is 12.1. The first-order valence-corrected chi connectivity index (χ1v) is 6.28. The molecule has 98 valence electrons. The molecule has 0 spiro atoms. The summed E-state index contributed by atoms with van der Waals surface area (Å²) in [5.74, 6) is 1.66. The number of halogens is 2. The van der Waals surface area contributed by atoms with Gasteiger partial charge in [0, 0.05) is 19.0 Å². The molecule has 0 aliphatic heterocycles. The lowest BCUT2D eigenvalue weighted by molar-refractivity contribution is 0.223. The summed E-state index contributed by atoms with van der Waals surface area (Å²) in [5, 5.41) is 0. The minimum atomic E-state index is 0. The zero-order valence-electron chi connectivity index (χ0n) is 10.5. The molecule has 1 aromatic carbocycles. The molecule has 0 fully saturated rings. The molecule has 0 amide bonds. The summed E-state index contributed by atoms with van der Waals surface area (Å²) >= 11 is 5.71. The molecule has 0 radical (unpaired) electrons. The van der Waals surface area contributed by atoms with Gasteiger partial charge in [-0.25, -0.2) is 0 Å². The van der Waals surface area contributed by atoms with Gasteiger partial charge in [0.25, 0.3) is 0 Å². The molecule has 1 rings (SSSR count). The third-order valence-electron chi connectivity index (χ3n) is 2.61. The van der Waals surface area contributed by atoms with Crippen molar-refractivity contribution in [3.8, 4) is 5.75 Å². The Morgan fingerprint density at radius 3 is 2.53 bits per heavy atom. The predicted octanol–water partition coefficient (Wildman–Crippen LogP) is 3.36. The lowest BCUT2D eigenvalue weighted by Crippen LogP contribution is -2.30. The van der Waals surface area contributed by atoms with Crippen LogP contribution in [-0.2, 0) is 0 Å². The van der Waals surface area contributed by atoms with Crippen LogP contribution in [-0.4, -0.2) is 37.0 Å². The molecule has 0 heterocycles. The molecule has 1 aromatic rings. The molecule has 2 nitrogen and oxygen atoms in total. The topological polar surface area (TPSA) is 12.5 Å². The van der Waals surface area contributed by atoms with Gasteiger partial charge in [-0.05, 0) is 25.1 Å². The van der Waals surface area contributed by atoms with Crippen molar-refractivity contribution >= 4 is 24.0 Å². The first-order chi connectivity index (χ1) is 7.77. The average Bonchev–Trinajstić information content (AvgIpc) is 2.30. The van der Waals surface area contributed by atoms with Gasteiger partial charge in [-0.2, -0.15) is 0 Å². The second-order valence-corrected chi connectivity index (χ2v) is 4.12. The van der Waals surface area contributed by atoms with Crippen LogP contribution in [0.2, 0.25) is 0 Å². The van der Waals surface area contributed by atoms with Crippen LogP contribution in [0.5, 0.6) is 5.75 Å². The number of likely N-dealkylation sites (N-methyl/N-ethyl adjacent to an activating group) is 1. The second-order valence-electron chi connectivity index (χ2n) is 3.74. The summed E-state index contributed by atoms with van der Waals surface area (Å²) in [6.07, 6.45) is 0. The fraction of sp³-hybridized carbons (Fsp3) is 0.538. The molecule has 0 aliphatic carbocycles. The number of rotatable bonds is 7. The summed E-state index contributed by atoms with van der Waals surface area (Å²) in [6, 6.07) is 8.09. The van der Waals surface area contributed by atoms with E-state index in [1.807, 2.05) is 18.2 Å². The summed E-state index contributed by atoms with van der Waals surface area (Å²) in [4.78, 5) is 2.28. The van der Waals surface area contributed by atoms with E-state index in [1.165, 1.54) is 5.56 Å². The number of para-hydroxylation sites is 1. The number of aryl methyl sites for hydroxylation is 1. The van der Waals surface area contributed by atoms with Crippen molar-refractivity contribution in [1.82, 2.24) is 4.90 Å². The minimum Gasteiger partial charge on any atom is -0.492 e. The fourth-order valence-corrected chi connectivity index (χ4v) is 1.79. The van der Waals surface area contributed by atoms with Gasteiger partial charge in [0.05, 0.1) is 0 Å². The van der Waals surface area contributed by atoms with E-state index in [-0.39, 0.29) is 12.4 Å². The molecule has 0 atom stereocenters. The first-order valence-electron chi connectivity index (χ1n) is 5.74. The molecule has 0 aromatic heterocycles. The smallest absolute Gasteiger partial charge is 0.122 e. The Morgan fingerprint density at radius 1 is 1.24 bits per heavy atom. The largest absolute Gasteiger partial charge is 0.492 e. The van der Waals surface area contributed by atoms with Gasteiger partial charge in [-0.15, -0.1) is 24.0 Å². The van der Waals surface area contributed by atoms with Crippen LogP contribution in [0.1, 0.15) is 12.5 Å². The molecule has 0 saturated heterocycles. The summed E-state index contributed by atoms with van der Waals surface area (Å²) in [5.41, 5.74) is 1.18. The van der Waals surface area contributed by atoms with E-state index in [9.17, 15) is 0 Å². The monoisotopic (exact) mass is 277 g/mol. The van der Waals surface area contributed by atoms with Gasteiger partial charge >= 0.3 is 0 Å². The van der Waals surface area contributed by atoms with Crippen molar-refractivity contribution in [3.63, 3.8) is 0 Å². The SMILES string of the molecule is CCN(CCCl)CCOc1ccccc1C.Cl. The van der Waals surface area contributed by atoms with Gasteiger partial charge in [0.2, 0.25) is 0 Å². The maximum absolute atomic E-state index is 5.73. The highest BCUT2D eigenvalue weighted by Gasteiger charge is 2.02. The fourth-order valence-electron chi connectivity index (χ4n) is 1.55. The molecule has 0 bridgehead atoms. The molecule has 4 heteroatoms. The van der Waals surface area contributed by atoms with Crippen molar-refractivity contribution in [2.45, 2.75) is 13.8 Å². The standard InChI is InChI=1S/C13H20ClNO.ClH/c1-3-15(9-8-14)10-11-16-13-7-5-4-6-12(13)2;/h4-7H,3,8-11H2,1-2H3;1H. The number of hydrogen-bond donors (Lipinski definition) is 0. The number of benzene rings is 1. The zero-order chi connectivity index (χ0) is 11.8. The molecule has 0 saturated carbocycles. The predicted molar refractivity (Wildman–Crippen MR) is 76.8 cm³/mol. The highest BCUT2D eigenvalue weighted by molar-refractivity contribution is 6.18. The van der Waals surface area contributed by atoms with Crippen molar-refractivity contribution in [3.05, 3.63) is 29.8 Å². The summed E-state index contributed by atoms with van der Waals surface area (Å²) < 4.78 is 5.73. The van der Waals surface area contributed by atoms with E-state index in [4.69, 9.17) is 16.3 Å². The summed E-state index contributed by atoms with van der Waals surface area (Å²) in [6.45, 7) is 7.79. The quantitative estimate of drug-likeness (QED) is 0.709. The Bertz CT molecular complexity index is 307. The maximum atomic E-state index is 5.73. The van der Waals surface area contributed by atoms with E-state index in [1.54, 1.807) is 0 Å². The number of ether oxygens (including phenoxy) is 1. The Kier molecular flexibility index (Phi) is 9.33. The van der Waals surface area contributed by atoms with Gasteiger partial charge < -0.3 is 4.74 Å². The molecular weight excluding hydrogens is 257 g/mol. The Balaban J connectivity index is 0.00000256. The number of nitrogens with zero attached hydrogens (tertiary/aromatic N) is 1. The van der Waals surface area contributed by atoms with Crippen LogP contribution in [0.25, 0.3) is 0 Å². The van der Waals surface area contributed by atoms with Crippen LogP contribution in [0.15, 0.2) is 24.3 Å². The molecule has 0 unspecified atom stereocenters. The van der Waals surface area contributed by atoms with Crippen molar-refractivity contribution in [2.75, 3.05) is 32.1 Å². The highest BCUT2D eigenvalue weighted by Crippen LogP contribution is 2.15. The van der Waals surface area contributed by atoms with Crippen molar-refractivity contribution in [1.29, 1.82) is 0 Å². The van der Waals surface area contributed by atoms with Crippen LogP contribution >= 0.6 is 24.0 Å². The Hall–Kier alpha value is -0.440. The van der Waals surface area contributed by atoms with E-state index in [0.717, 1.165) is 32.0 Å². The third-order valence-corrected chi connectivity index (χ3v) is 2.78.